The molecule has 1 aromatic rings. The van der Waals surface area contributed by atoms with Crippen LogP contribution in [0.2, 0.25) is 0 Å². The summed E-state index contributed by atoms with van der Waals surface area (Å²) in [6.45, 7) is 1.86. The number of hydrogen-bond donors (Lipinski definition) is 0. The monoisotopic (exact) mass is 274 g/mol. The van der Waals surface area contributed by atoms with Crippen LogP contribution in [0.3, 0.4) is 0 Å². The molecule has 3 nitrogen and oxygen atoms in total. The van der Waals surface area contributed by atoms with E-state index in [9.17, 15) is 10.1 Å². The van der Waals surface area contributed by atoms with Gasteiger partial charge in [-0.15, -0.1) is 11.6 Å². The molecular formula is C15H15ClN2O. The van der Waals surface area contributed by atoms with E-state index in [0.29, 0.717) is 18.7 Å². The molecule has 19 heavy (non-hydrogen) atoms. The SMILES string of the molecule is CC1=Cc2ccccc2C(C#N)N1C(=O)CCCCl. The predicted molar refractivity (Wildman–Crippen MR) is 75.2 cm³/mol. The van der Waals surface area contributed by atoms with Crippen molar-refractivity contribution in [2.24, 2.45) is 0 Å². The number of rotatable bonds is 3. The molecule has 1 heterocycles. The molecule has 0 aromatic heterocycles. The molecule has 1 aromatic carbocycles. The molecule has 1 amide bonds. The van der Waals surface area contributed by atoms with Crippen molar-refractivity contribution in [1.29, 1.82) is 5.26 Å². The molecule has 98 valence electrons. The fourth-order valence-corrected chi connectivity index (χ4v) is 2.47. The highest BCUT2D eigenvalue weighted by atomic mass is 35.5. The number of amides is 1. The lowest BCUT2D eigenvalue weighted by Gasteiger charge is -2.32. The quantitative estimate of drug-likeness (QED) is 0.792. The van der Waals surface area contributed by atoms with E-state index in [4.69, 9.17) is 11.6 Å². The van der Waals surface area contributed by atoms with Crippen molar-refractivity contribution in [3.05, 3.63) is 41.1 Å². The fourth-order valence-electron chi connectivity index (χ4n) is 2.34. The molecule has 0 fully saturated rings. The second kappa shape index (κ2) is 5.90. The third kappa shape index (κ3) is 2.64. The Balaban J connectivity index is 2.36. The van der Waals surface area contributed by atoms with Crippen molar-refractivity contribution in [3.63, 3.8) is 0 Å². The van der Waals surface area contributed by atoms with Gasteiger partial charge in [-0.25, -0.2) is 0 Å². The third-order valence-electron chi connectivity index (χ3n) is 3.21. The van der Waals surface area contributed by atoms with Crippen molar-refractivity contribution in [1.82, 2.24) is 4.90 Å². The number of nitrogens with zero attached hydrogens (tertiary/aromatic N) is 2. The Labute approximate surface area is 118 Å². The normalized spacial score (nSPS) is 17.4. The molecule has 1 aliphatic heterocycles. The van der Waals surface area contributed by atoms with Gasteiger partial charge in [0.25, 0.3) is 0 Å². The van der Waals surface area contributed by atoms with Crippen LogP contribution in [-0.4, -0.2) is 16.7 Å². The summed E-state index contributed by atoms with van der Waals surface area (Å²) in [5.41, 5.74) is 2.70. The van der Waals surface area contributed by atoms with Gasteiger partial charge >= 0.3 is 0 Å². The van der Waals surface area contributed by atoms with Crippen LogP contribution in [0.4, 0.5) is 0 Å². The molecule has 0 bridgehead atoms. The minimum Gasteiger partial charge on any atom is -0.296 e. The minimum absolute atomic E-state index is 0.0459. The summed E-state index contributed by atoms with van der Waals surface area (Å²) < 4.78 is 0. The Morgan fingerprint density at radius 2 is 2.21 bits per heavy atom. The number of carbonyl (C=O) groups is 1. The molecule has 1 atom stereocenters. The summed E-state index contributed by atoms with van der Waals surface area (Å²) in [6.07, 6.45) is 2.95. The van der Waals surface area contributed by atoms with Crippen LogP contribution in [0, 0.1) is 11.3 Å². The molecule has 2 rings (SSSR count). The number of benzene rings is 1. The van der Waals surface area contributed by atoms with Crippen molar-refractivity contribution >= 4 is 23.6 Å². The molecule has 0 N–H and O–H groups in total. The topological polar surface area (TPSA) is 44.1 Å². The summed E-state index contributed by atoms with van der Waals surface area (Å²) in [5, 5.41) is 9.40. The zero-order valence-electron chi connectivity index (χ0n) is 10.8. The molecule has 0 saturated heterocycles. The van der Waals surface area contributed by atoms with E-state index in [0.717, 1.165) is 16.8 Å². The van der Waals surface area contributed by atoms with Gasteiger partial charge in [0.05, 0.1) is 6.07 Å². The Morgan fingerprint density at radius 3 is 2.89 bits per heavy atom. The van der Waals surface area contributed by atoms with E-state index in [-0.39, 0.29) is 5.91 Å². The summed E-state index contributed by atoms with van der Waals surface area (Å²) in [4.78, 5) is 13.8. The molecule has 0 radical (unpaired) electrons. The average Bonchev–Trinajstić information content (AvgIpc) is 2.43. The zero-order valence-corrected chi connectivity index (χ0v) is 11.5. The maximum Gasteiger partial charge on any atom is 0.228 e. The van der Waals surface area contributed by atoms with Crippen molar-refractivity contribution < 1.29 is 4.79 Å². The summed E-state index contributed by atoms with van der Waals surface area (Å²) in [6, 6.07) is 9.37. The Bertz CT molecular complexity index is 560. The Hall–Kier alpha value is -1.79. The summed E-state index contributed by atoms with van der Waals surface area (Å²) in [7, 11) is 0. The van der Waals surface area contributed by atoms with Crippen LogP contribution in [0.25, 0.3) is 6.08 Å². The standard InChI is InChI=1S/C15H15ClN2O/c1-11-9-12-5-2-3-6-13(12)14(10-17)18(11)15(19)7-4-8-16/h2-3,5-6,9,14H,4,7-8H2,1H3. The fraction of sp³-hybridized carbons (Fsp3) is 0.333. The lowest BCUT2D eigenvalue weighted by Crippen LogP contribution is -2.35. The van der Waals surface area contributed by atoms with Crippen LogP contribution in [0.15, 0.2) is 30.0 Å². The first-order valence-electron chi connectivity index (χ1n) is 6.24. The predicted octanol–water partition coefficient (Wildman–Crippen LogP) is 3.47. The van der Waals surface area contributed by atoms with E-state index < -0.39 is 6.04 Å². The van der Waals surface area contributed by atoms with E-state index in [1.807, 2.05) is 37.3 Å². The van der Waals surface area contributed by atoms with Crippen LogP contribution in [-0.2, 0) is 4.79 Å². The highest BCUT2D eigenvalue weighted by molar-refractivity contribution is 6.17. The van der Waals surface area contributed by atoms with Gasteiger partial charge in [0.2, 0.25) is 5.91 Å². The van der Waals surface area contributed by atoms with E-state index in [1.165, 1.54) is 0 Å². The van der Waals surface area contributed by atoms with Crippen LogP contribution in [0.5, 0.6) is 0 Å². The van der Waals surface area contributed by atoms with E-state index >= 15 is 0 Å². The second-order valence-electron chi connectivity index (χ2n) is 4.50. The van der Waals surface area contributed by atoms with Crippen LogP contribution < -0.4 is 0 Å². The highest BCUT2D eigenvalue weighted by Gasteiger charge is 2.30. The maximum atomic E-state index is 12.2. The van der Waals surface area contributed by atoms with Crippen molar-refractivity contribution in [3.8, 4) is 6.07 Å². The number of alkyl halides is 1. The maximum absolute atomic E-state index is 12.2. The minimum atomic E-state index is -0.538. The summed E-state index contributed by atoms with van der Waals surface area (Å²) in [5.74, 6) is 0.409. The van der Waals surface area contributed by atoms with E-state index in [2.05, 4.69) is 6.07 Å². The molecule has 0 spiro atoms. The van der Waals surface area contributed by atoms with Crippen LogP contribution >= 0.6 is 11.6 Å². The largest absolute Gasteiger partial charge is 0.296 e. The Kier molecular flexibility index (Phi) is 4.24. The van der Waals surface area contributed by atoms with Gasteiger partial charge in [0.1, 0.15) is 6.04 Å². The lowest BCUT2D eigenvalue weighted by atomic mass is 9.94. The van der Waals surface area contributed by atoms with Gasteiger partial charge < -0.3 is 0 Å². The molecule has 0 aliphatic carbocycles. The number of nitriles is 1. The summed E-state index contributed by atoms with van der Waals surface area (Å²) >= 11 is 5.62. The van der Waals surface area contributed by atoms with Gasteiger partial charge in [0.15, 0.2) is 0 Å². The third-order valence-corrected chi connectivity index (χ3v) is 3.48. The smallest absolute Gasteiger partial charge is 0.228 e. The molecule has 1 aliphatic rings. The highest BCUT2D eigenvalue weighted by Crippen LogP contribution is 2.34. The Morgan fingerprint density at radius 1 is 1.47 bits per heavy atom. The average molecular weight is 275 g/mol. The number of hydrogen-bond acceptors (Lipinski definition) is 2. The van der Waals surface area contributed by atoms with Gasteiger partial charge in [-0.3, -0.25) is 9.69 Å². The molecule has 1 unspecified atom stereocenters. The van der Waals surface area contributed by atoms with Gasteiger partial charge in [-0.05, 0) is 30.5 Å². The first kappa shape index (κ1) is 13.6. The number of allylic oxidation sites excluding steroid dienone is 1. The first-order valence-corrected chi connectivity index (χ1v) is 6.77. The number of halogens is 1. The van der Waals surface area contributed by atoms with Crippen molar-refractivity contribution in [2.75, 3.05) is 5.88 Å². The molecular weight excluding hydrogens is 260 g/mol. The number of fused-ring (bicyclic) bond motifs is 1. The molecule has 4 heteroatoms. The van der Waals surface area contributed by atoms with Crippen LogP contribution in [0.1, 0.15) is 36.9 Å². The van der Waals surface area contributed by atoms with Crippen molar-refractivity contribution in [2.45, 2.75) is 25.8 Å². The van der Waals surface area contributed by atoms with Gasteiger partial charge in [-0.2, -0.15) is 5.26 Å². The molecule has 0 saturated carbocycles. The number of carbonyl (C=O) groups excluding carboxylic acids is 1. The second-order valence-corrected chi connectivity index (χ2v) is 4.88. The van der Waals surface area contributed by atoms with Gasteiger partial charge in [-0.1, -0.05) is 24.3 Å². The lowest BCUT2D eigenvalue weighted by molar-refractivity contribution is -0.130. The first-order chi connectivity index (χ1) is 9.19. The zero-order chi connectivity index (χ0) is 13.8. The van der Waals surface area contributed by atoms with E-state index in [1.54, 1.807) is 4.90 Å². The van der Waals surface area contributed by atoms with Gasteiger partial charge in [0, 0.05) is 18.0 Å².